The highest BCUT2D eigenvalue weighted by Crippen LogP contribution is 2.23. The average Bonchev–Trinajstić information content (AvgIpc) is 2.58. The van der Waals surface area contributed by atoms with Gasteiger partial charge in [0.15, 0.2) is 0 Å². The van der Waals surface area contributed by atoms with E-state index < -0.39 is 0 Å². The number of thioether (sulfide) groups is 1. The van der Waals surface area contributed by atoms with Crippen molar-refractivity contribution in [2.75, 3.05) is 12.9 Å². The van der Waals surface area contributed by atoms with Crippen molar-refractivity contribution < 1.29 is 9.53 Å². The number of aromatic nitrogens is 1. The number of ether oxygens (including phenoxy) is 1. The molecule has 0 radical (unpaired) electrons. The topological polar surface area (TPSA) is 51.2 Å². The van der Waals surface area contributed by atoms with Crippen LogP contribution in [0.4, 0.5) is 0 Å². The van der Waals surface area contributed by atoms with Crippen molar-refractivity contribution in [2.24, 2.45) is 0 Å². The molecule has 0 aliphatic carbocycles. The van der Waals surface area contributed by atoms with Crippen LogP contribution >= 0.6 is 11.8 Å². The third-order valence-corrected chi connectivity index (χ3v) is 4.26. The summed E-state index contributed by atoms with van der Waals surface area (Å²) in [6.45, 7) is 2.06. The molecule has 1 amide bonds. The molecule has 1 N–H and O–H groups in total. The molecule has 2 rings (SSSR count). The molecular formula is C17H20N2O2S. The minimum absolute atomic E-state index is 0.0245. The van der Waals surface area contributed by atoms with Crippen molar-refractivity contribution in [3.8, 4) is 5.75 Å². The van der Waals surface area contributed by atoms with E-state index in [4.69, 9.17) is 4.74 Å². The van der Waals surface area contributed by atoms with Crippen LogP contribution in [-0.2, 0) is 4.79 Å². The summed E-state index contributed by atoms with van der Waals surface area (Å²) in [5.74, 6) is 1.21. The SMILES string of the molecule is CC[C@@H](NC(=O)CSc1cccc(OC)c1)c1ccncc1. The predicted molar refractivity (Wildman–Crippen MR) is 89.1 cm³/mol. The maximum Gasteiger partial charge on any atom is 0.230 e. The number of nitrogens with zero attached hydrogens (tertiary/aromatic N) is 1. The smallest absolute Gasteiger partial charge is 0.230 e. The minimum Gasteiger partial charge on any atom is -0.497 e. The lowest BCUT2D eigenvalue weighted by molar-refractivity contribution is -0.119. The number of hydrogen-bond acceptors (Lipinski definition) is 4. The van der Waals surface area contributed by atoms with Gasteiger partial charge >= 0.3 is 0 Å². The third kappa shape index (κ3) is 4.77. The van der Waals surface area contributed by atoms with Gasteiger partial charge in [0.1, 0.15) is 5.75 Å². The summed E-state index contributed by atoms with van der Waals surface area (Å²) >= 11 is 1.50. The van der Waals surface area contributed by atoms with E-state index in [2.05, 4.69) is 17.2 Å². The first-order valence-corrected chi connectivity index (χ1v) is 8.17. The highest BCUT2D eigenvalue weighted by Gasteiger charge is 2.12. The molecule has 1 aromatic carbocycles. The molecule has 0 unspecified atom stereocenters. The molecule has 0 bridgehead atoms. The molecule has 0 spiro atoms. The number of benzene rings is 1. The van der Waals surface area contributed by atoms with Crippen LogP contribution in [0.25, 0.3) is 0 Å². The summed E-state index contributed by atoms with van der Waals surface area (Å²) in [5.41, 5.74) is 1.08. The zero-order valence-electron chi connectivity index (χ0n) is 12.8. The van der Waals surface area contributed by atoms with Crippen LogP contribution in [0.5, 0.6) is 5.75 Å². The van der Waals surface area contributed by atoms with Crippen LogP contribution in [0, 0.1) is 0 Å². The Kier molecular flexibility index (Phi) is 6.27. The second-order valence-electron chi connectivity index (χ2n) is 4.78. The van der Waals surface area contributed by atoms with Gasteiger partial charge in [-0.05, 0) is 42.3 Å². The monoisotopic (exact) mass is 316 g/mol. The molecule has 0 fully saturated rings. The summed E-state index contributed by atoms with van der Waals surface area (Å²) < 4.78 is 5.18. The van der Waals surface area contributed by atoms with E-state index in [1.807, 2.05) is 36.4 Å². The Morgan fingerprint density at radius 3 is 2.77 bits per heavy atom. The molecule has 1 atom stereocenters. The maximum absolute atomic E-state index is 12.1. The van der Waals surface area contributed by atoms with Crippen LogP contribution in [-0.4, -0.2) is 23.8 Å². The second kappa shape index (κ2) is 8.44. The second-order valence-corrected chi connectivity index (χ2v) is 5.83. The van der Waals surface area contributed by atoms with Crippen LogP contribution in [0.1, 0.15) is 24.9 Å². The number of amides is 1. The van der Waals surface area contributed by atoms with Gasteiger partial charge in [-0.15, -0.1) is 11.8 Å². The summed E-state index contributed by atoms with van der Waals surface area (Å²) in [4.78, 5) is 17.2. The van der Waals surface area contributed by atoms with Gasteiger partial charge in [0.25, 0.3) is 0 Å². The first-order chi connectivity index (χ1) is 10.7. The molecule has 0 aliphatic heterocycles. The van der Waals surface area contributed by atoms with E-state index in [-0.39, 0.29) is 11.9 Å². The predicted octanol–water partition coefficient (Wildman–Crippen LogP) is 3.45. The lowest BCUT2D eigenvalue weighted by atomic mass is 10.1. The van der Waals surface area contributed by atoms with Crippen LogP contribution in [0.3, 0.4) is 0 Å². The molecule has 0 saturated carbocycles. The molecule has 2 aromatic rings. The molecule has 116 valence electrons. The fourth-order valence-corrected chi connectivity index (χ4v) is 2.85. The van der Waals surface area contributed by atoms with Gasteiger partial charge in [0.05, 0.1) is 18.9 Å². The lowest BCUT2D eigenvalue weighted by Crippen LogP contribution is -2.29. The molecular weight excluding hydrogens is 296 g/mol. The van der Waals surface area contributed by atoms with Gasteiger partial charge < -0.3 is 10.1 Å². The Hall–Kier alpha value is -2.01. The first kappa shape index (κ1) is 16.4. The van der Waals surface area contributed by atoms with Crippen molar-refractivity contribution in [3.05, 3.63) is 54.4 Å². The Morgan fingerprint density at radius 2 is 2.09 bits per heavy atom. The molecule has 5 heteroatoms. The molecule has 0 saturated heterocycles. The van der Waals surface area contributed by atoms with E-state index in [0.29, 0.717) is 5.75 Å². The Labute approximate surface area is 135 Å². The van der Waals surface area contributed by atoms with Gasteiger partial charge in [0.2, 0.25) is 5.91 Å². The fourth-order valence-electron chi connectivity index (χ4n) is 2.09. The quantitative estimate of drug-likeness (QED) is 0.795. The molecule has 0 aliphatic rings. The van der Waals surface area contributed by atoms with E-state index >= 15 is 0 Å². The van der Waals surface area contributed by atoms with Crippen LogP contribution in [0.2, 0.25) is 0 Å². The van der Waals surface area contributed by atoms with E-state index in [1.54, 1.807) is 19.5 Å². The Bertz CT molecular complexity index is 605. The van der Waals surface area contributed by atoms with Gasteiger partial charge in [-0.25, -0.2) is 0 Å². The number of rotatable bonds is 7. The van der Waals surface area contributed by atoms with Crippen molar-refractivity contribution in [2.45, 2.75) is 24.3 Å². The standard InChI is InChI=1S/C17H20N2O2S/c1-3-16(13-7-9-18-10-8-13)19-17(20)12-22-15-6-4-5-14(11-15)21-2/h4-11,16H,3,12H2,1-2H3,(H,19,20)/t16-/m1/s1. The summed E-state index contributed by atoms with van der Waals surface area (Å²) in [7, 11) is 1.64. The van der Waals surface area contributed by atoms with Gasteiger partial charge in [-0.3, -0.25) is 9.78 Å². The summed E-state index contributed by atoms with van der Waals surface area (Å²) in [6.07, 6.45) is 4.34. The van der Waals surface area contributed by atoms with Crippen LogP contribution < -0.4 is 10.1 Å². The molecule has 1 heterocycles. The number of hydrogen-bond donors (Lipinski definition) is 1. The largest absolute Gasteiger partial charge is 0.497 e. The van der Waals surface area contributed by atoms with E-state index in [0.717, 1.165) is 22.6 Å². The Balaban J connectivity index is 1.89. The number of methoxy groups -OCH3 is 1. The summed E-state index contributed by atoms with van der Waals surface area (Å²) in [6, 6.07) is 11.6. The average molecular weight is 316 g/mol. The highest BCUT2D eigenvalue weighted by molar-refractivity contribution is 8.00. The zero-order chi connectivity index (χ0) is 15.8. The minimum atomic E-state index is 0.0245. The number of pyridine rings is 1. The van der Waals surface area contributed by atoms with Crippen molar-refractivity contribution >= 4 is 17.7 Å². The summed E-state index contributed by atoms with van der Waals surface area (Å²) in [5, 5.41) is 3.06. The number of carbonyl (C=O) groups is 1. The maximum atomic E-state index is 12.1. The van der Waals surface area contributed by atoms with Gasteiger partial charge in [0, 0.05) is 17.3 Å². The lowest BCUT2D eigenvalue weighted by Gasteiger charge is -2.17. The van der Waals surface area contributed by atoms with Crippen molar-refractivity contribution in [1.29, 1.82) is 0 Å². The fraction of sp³-hybridized carbons (Fsp3) is 0.294. The van der Waals surface area contributed by atoms with E-state index in [1.165, 1.54) is 11.8 Å². The number of nitrogens with one attached hydrogen (secondary N) is 1. The van der Waals surface area contributed by atoms with Gasteiger partial charge in [-0.1, -0.05) is 13.0 Å². The molecule has 1 aromatic heterocycles. The number of carbonyl (C=O) groups excluding carboxylic acids is 1. The third-order valence-electron chi connectivity index (χ3n) is 3.26. The van der Waals surface area contributed by atoms with Crippen LogP contribution in [0.15, 0.2) is 53.7 Å². The highest BCUT2D eigenvalue weighted by atomic mass is 32.2. The molecule has 22 heavy (non-hydrogen) atoms. The normalized spacial score (nSPS) is 11.7. The Morgan fingerprint density at radius 1 is 1.32 bits per heavy atom. The van der Waals surface area contributed by atoms with E-state index in [9.17, 15) is 4.79 Å². The van der Waals surface area contributed by atoms with Crippen molar-refractivity contribution in [3.63, 3.8) is 0 Å². The first-order valence-electron chi connectivity index (χ1n) is 7.19. The molecule has 4 nitrogen and oxygen atoms in total. The zero-order valence-corrected chi connectivity index (χ0v) is 13.6. The van der Waals surface area contributed by atoms with Gasteiger partial charge in [-0.2, -0.15) is 0 Å². The van der Waals surface area contributed by atoms with Crippen molar-refractivity contribution in [1.82, 2.24) is 10.3 Å².